The molecule has 0 aliphatic heterocycles. The largest absolute Gasteiger partial charge is 0.382 e. The number of hydrogen-bond acceptors (Lipinski definition) is 9. The minimum atomic E-state index is -0.420. The van der Waals surface area contributed by atoms with Gasteiger partial charge in [0.05, 0.1) is 19.4 Å². The van der Waals surface area contributed by atoms with Gasteiger partial charge >= 0.3 is 0 Å². The quantitative estimate of drug-likeness (QED) is 0.198. The molecule has 0 spiro atoms. The monoisotopic (exact) mass is 322 g/mol. The summed E-state index contributed by atoms with van der Waals surface area (Å²) in [5.74, 6) is 9.58. The van der Waals surface area contributed by atoms with Gasteiger partial charge in [0.2, 0.25) is 11.8 Å². The van der Waals surface area contributed by atoms with Gasteiger partial charge in [-0.1, -0.05) is 0 Å². The summed E-state index contributed by atoms with van der Waals surface area (Å²) in [4.78, 5) is 36.5. The summed E-state index contributed by atoms with van der Waals surface area (Å²) in [5, 5.41) is 0. The maximum absolute atomic E-state index is 11.4. The van der Waals surface area contributed by atoms with Gasteiger partial charge in [-0.2, -0.15) is 0 Å². The average Bonchev–Trinajstić information content (AvgIpc) is 2.96. The summed E-state index contributed by atoms with van der Waals surface area (Å²) in [5.41, 5.74) is 10.8. The van der Waals surface area contributed by atoms with Crippen LogP contribution in [0.15, 0.2) is 12.7 Å². The zero-order valence-corrected chi connectivity index (χ0v) is 12.3. The van der Waals surface area contributed by atoms with E-state index in [-0.39, 0.29) is 18.9 Å². The van der Waals surface area contributed by atoms with Crippen LogP contribution in [-0.4, -0.2) is 55.9 Å². The van der Waals surface area contributed by atoms with Crippen molar-refractivity contribution in [1.82, 2.24) is 35.3 Å². The van der Waals surface area contributed by atoms with E-state index in [2.05, 4.69) is 15.0 Å². The third-order valence-corrected chi connectivity index (χ3v) is 3.14. The molecule has 0 saturated carbocycles. The number of nitrogens with zero attached hydrogens (tertiary/aromatic N) is 5. The van der Waals surface area contributed by atoms with Crippen LogP contribution in [0.4, 0.5) is 5.82 Å². The second-order valence-electron chi connectivity index (χ2n) is 4.71. The predicted molar refractivity (Wildman–Crippen MR) is 80.8 cm³/mol. The molecule has 2 rings (SSSR count). The van der Waals surface area contributed by atoms with Gasteiger partial charge in [-0.15, -0.1) is 0 Å². The lowest BCUT2D eigenvalue weighted by Crippen LogP contribution is -2.46. The van der Waals surface area contributed by atoms with E-state index >= 15 is 0 Å². The fourth-order valence-electron chi connectivity index (χ4n) is 2.02. The third kappa shape index (κ3) is 4.09. The number of nitrogens with one attached hydrogen (secondary N) is 2. The lowest BCUT2D eigenvalue weighted by Gasteiger charge is -2.20. The maximum Gasteiger partial charge on any atom is 0.248 e. The van der Waals surface area contributed by atoms with E-state index in [1.807, 2.05) is 10.9 Å². The van der Waals surface area contributed by atoms with Gasteiger partial charge in [-0.05, 0) is 0 Å². The van der Waals surface area contributed by atoms with Gasteiger partial charge in [0.15, 0.2) is 11.5 Å². The van der Waals surface area contributed by atoms with Gasteiger partial charge in [0.25, 0.3) is 0 Å². The summed E-state index contributed by atoms with van der Waals surface area (Å²) in [7, 11) is 0. The Morgan fingerprint density at radius 3 is 2.39 bits per heavy atom. The van der Waals surface area contributed by atoms with Crippen molar-refractivity contribution in [2.75, 3.05) is 25.4 Å². The van der Waals surface area contributed by atoms with Crippen molar-refractivity contribution in [1.29, 1.82) is 0 Å². The van der Waals surface area contributed by atoms with Crippen molar-refractivity contribution in [2.24, 2.45) is 11.7 Å². The Kier molecular flexibility index (Phi) is 5.35. The molecular formula is C11H18N10O2. The van der Waals surface area contributed by atoms with Crippen LogP contribution >= 0.6 is 0 Å². The number of hydrazine groups is 2. The second-order valence-corrected chi connectivity index (χ2v) is 4.71. The molecule has 0 unspecified atom stereocenters. The molecule has 12 nitrogen and oxygen atoms in total. The summed E-state index contributed by atoms with van der Waals surface area (Å²) in [6, 6.07) is 0. The van der Waals surface area contributed by atoms with Crippen molar-refractivity contribution in [3.8, 4) is 0 Å². The molecule has 2 aromatic rings. The van der Waals surface area contributed by atoms with Crippen LogP contribution in [-0.2, 0) is 16.1 Å². The van der Waals surface area contributed by atoms with Gasteiger partial charge < -0.3 is 10.3 Å². The van der Waals surface area contributed by atoms with Crippen molar-refractivity contribution in [3.05, 3.63) is 12.7 Å². The Bertz CT molecular complexity index is 681. The number of anilines is 1. The molecule has 0 radical (unpaired) electrons. The number of fused-ring (bicyclic) bond motifs is 1. The predicted octanol–water partition coefficient (Wildman–Crippen LogP) is -3.31. The highest BCUT2D eigenvalue weighted by molar-refractivity contribution is 5.81. The van der Waals surface area contributed by atoms with Crippen LogP contribution in [0.3, 0.4) is 0 Å². The fourth-order valence-corrected chi connectivity index (χ4v) is 2.02. The highest BCUT2D eigenvalue weighted by atomic mass is 16.2. The van der Waals surface area contributed by atoms with Crippen LogP contribution in [0.25, 0.3) is 11.2 Å². The third-order valence-electron chi connectivity index (χ3n) is 3.14. The number of amides is 2. The van der Waals surface area contributed by atoms with Crippen molar-refractivity contribution in [3.63, 3.8) is 0 Å². The van der Waals surface area contributed by atoms with Gasteiger partial charge in [0.1, 0.15) is 11.8 Å². The number of imidazole rings is 1. The number of carbonyl (C=O) groups excluding carboxylic acids is 2. The molecular weight excluding hydrogens is 304 g/mol. The van der Waals surface area contributed by atoms with Crippen LogP contribution in [0.2, 0.25) is 0 Å². The molecule has 2 heterocycles. The summed E-state index contributed by atoms with van der Waals surface area (Å²) < 4.78 is 1.75. The molecule has 0 fully saturated rings. The molecule has 12 heteroatoms. The molecule has 2 aromatic heterocycles. The lowest BCUT2D eigenvalue weighted by atomic mass is 10.4. The second kappa shape index (κ2) is 7.44. The van der Waals surface area contributed by atoms with E-state index in [4.69, 9.17) is 17.4 Å². The Morgan fingerprint density at radius 2 is 1.78 bits per heavy atom. The Hall–Kier alpha value is -2.83. The van der Waals surface area contributed by atoms with Crippen molar-refractivity contribution < 1.29 is 9.59 Å². The summed E-state index contributed by atoms with van der Waals surface area (Å²) in [6.07, 6.45) is 2.91. The molecule has 2 amide bonds. The zero-order valence-electron chi connectivity index (χ0n) is 12.3. The zero-order chi connectivity index (χ0) is 16.8. The fraction of sp³-hybridized carbons (Fsp3) is 0.364. The normalized spacial score (nSPS) is 10.9. The highest BCUT2D eigenvalue weighted by Crippen LogP contribution is 2.13. The van der Waals surface area contributed by atoms with Crippen LogP contribution in [0.1, 0.15) is 0 Å². The number of rotatable bonds is 7. The number of nitrogen functional groups attached to an aromatic ring is 1. The summed E-state index contributed by atoms with van der Waals surface area (Å²) >= 11 is 0. The minimum absolute atomic E-state index is 0.0479. The average molecular weight is 322 g/mol. The van der Waals surface area contributed by atoms with Crippen LogP contribution in [0, 0.1) is 0 Å². The van der Waals surface area contributed by atoms with Gasteiger partial charge in [0, 0.05) is 13.1 Å². The van der Waals surface area contributed by atoms with E-state index in [0.29, 0.717) is 24.3 Å². The molecule has 124 valence electrons. The molecule has 0 aromatic carbocycles. The molecule has 23 heavy (non-hydrogen) atoms. The molecule has 0 atom stereocenters. The van der Waals surface area contributed by atoms with E-state index in [9.17, 15) is 9.59 Å². The first-order valence-corrected chi connectivity index (χ1v) is 6.67. The molecule has 0 saturated heterocycles. The Morgan fingerprint density at radius 1 is 1.13 bits per heavy atom. The minimum Gasteiger partial charge on any atom is -0.382 e. The van der Waals surface area contributed by atoms with Crippen molar-refractivity contribution in [2.45, 2.75) is 6.54 Å². The van der Waals surface area contributed by atoms with E-state index in [0.717, 1.165) is 0 Å². The molecule has 0 bridgehead atoms. The molecule has 0 aliphatic rings. The van der Waals surface area contributed by atoms with E-state index in [1.54, 1.807) is 15.8 Å². The molecule has 0 aliphatic carbocycles. The maximum atomic E-state index is 11.4. The highest BCUT2D eigenvalue weighted by Gasteiger charge is 2.15. The van der Waals surface area contributed by atoms with E-state index in [1.165, 1.54) is 6.33 Å². The number of nitrogens with two attached hydrogens (primary N) is 3. The summed E-state index contributed by atoms with van der Waals surface area (Å²) in [6.45, 7) is 0.709. The van der Waals surface area contributed by atoms with Gasteiger partial charge in [-0.25, -0.2) is 26.6 Å². The van der Waals surface area contributed by atoms with E-state index < -0.39 is 11.8 Å². The molecule has 8 N–H and O–H groups in total. The van der Waals surface area contributed by atoms with Crippen molar-refractivity contribution >= 4 is 28.8 Å². The standard InChI is InChI=1S/C11H18N10O2/c12-10-9-11(16-5-15-10)21(6-17-9)2-1-20(3-7(22)18-13)4-8(23)19-14/h5-6H,1-4,13-14H2,(H,18,22)(H,19,23)(H2,12,15,16). The number of carbonyl (C=O) groups is 2. The van der Waals surface area contributed by atoms with Crippen LogP contribution in [0.5, 0.6) is 0 Å². The van der Waals surface area contributed by atoms with Gasteiger partial charge in [-0.3, -0.25) is 25.3 Å². The Balaban J connectivity index is 2.08. The SMILES string of the molecule is NNC(=O)CN(CCn1cnc2c(N)ncnc21)CC(=O)NN. The number of hydrogen-bond donors (Lipinski definition) is 5. The Labute approximate surface area is 131 Å². The topological polar surface area (TPSA) is 183 Å². The lowest BCUT2D eigenvalue weighted by molar-refractivity contribution is -0.125. The van der Waals surface area contributed by atoms with Crippen LogP contribution < -0.4 is 28.3 Å². The first-order chi connectivity index (χ1) is 11.0. The number of aromatic nitrogens is 4. The first-order valence-electron chi connectivity index (χ1n) is 6.67. The smallest absolute Gasteiger partial charge is 0.248 e. The first kappa shape index (κ1) is 16.5.